The SMILES string of the molecule is CC(C)COC(=O)C(=CC(N)=O)C(C)C. The van der Waals surface area contributed by atoms with Gasteiger partial charge in [-0.15, -0.1) is 0 Å². The minimum absolute atomic E-state index is 0.0721. The van der Waals surface area contributed by atoms with Crippen LogP contribution in [-0.2, 0) is 14.3 Å². The Labute approximate surface area is 90.5 Å². The van der Waals surface area contributed by atoms with Crippen LogP contribution >= 0.6 is 0 Å². The second-order valence-electron chi connectivity index (χ2n) is 4.15. The van der Waals surface area contributed by atoms with Crippen molar-refractivity contribution in [2.24, 2.45) is 17.6 Å². The van der Waals surface area contributed by atoms with Crippen LogP contribution in [0.4, 0.5) is 0 Å². The second kappa shape index (κ2) is 6.22. The lowest BCUT2D eigenvalue weighted by molar-refractivity contribution is -0.140. The Morgan fingerprint density at radius 3 is 2.13 bits per heavy atom. The van der Waals surface area contributed by atoms with Crippen LogP contribution < -0.4 is 5.73 Å². The van der Waals surface area contributed by atoms with E-state index in [9.17, 15) is 9.59 Å². The van der Waals surface area contributed by atoms with Crippen molar-refractivity contribution in [3.8, 4) is 0 Å². The number of esters is 1. The summed E-state index contributed by atoms with van der Waals surface area (Å²) in [6.45, 7) is 7.86. The van der Waals surface area contributed by atoms with Crippen LogP contribution in [0, 0.1) is 11.8 Å². The fraction of sp³-hybridized carbons (Fsp3) is 0.636. The van der Waals surface area contributed by atoms with E-state index in [1.807, 2.05) is 27.7 Å². The number of primary amides is 1. The van der Waals surface area contributed by atoms with Crippen LogP contribution in [0.25, 0.3) is 0 Å². The van der Waals surface area contributed by atoms with E-state index < -0.39 is 11.9 Å². The first-order valence-electron chi connectivity index (χ1n) is 5.02. The van der Waals surface area contributed by atoms with Gasteiger partial charge in [0.15, 0.2) is 0 Å². The highest BCUT2D eigenvalue weighted by molar-refractivity contribution is 5.98. The van der Waals surface area contributed by atoms with Crippen molar-refractivity contribution >= 4 is 11.9 Å². The van der Waals surface area contributed by atoms with Gasteiger partial charge in [-0.25, -0.2) is 4.79 Å². The number of amides is 1. The minimum Gasteiger partial charge on any atom is -0.462 e. The summed E-state index contributed by atoms with van der Waals surface area (Å²) in [7, 11) is 0. The molecule has 4 heteroatoms. The molecule has 0 saturated heterocycles. The van der Waals surface area contributed by atoms with Crippen molar-refractivity contribution in [2.45, 2.75) is 27.7 Å². The molecule has 0 spiro atoms. The molecule has 0 rings (SSSR count). The molecule has 86 valence electrons. The van der Waals surface area contributed by atoms with Crippen molar-refractivity contribution in [1.82, 2.24) is 0 Å². The second-order valence-corrected chi connectivity index (χ2v) is 4.15. The Morgan fingerprint density at radius 1 is 1.27 bits per heavy atom. The number of ether oxygens (including phenoxy) is 1. The third kappa shape index (κ3) is 5.88. The zero-order valence-electron chi connectivity index (χ0n) is 9.74. The van der Waals surface area contributed by atoms with Crippen LogP contribution in [0.1, 0.15) is 27.7 Å². The van der Waals surface area contributed by atoms with E-state index in [0.29, 0.717) is 12.2 Å². The molecule has 0 aromatic rings. The van der Waals surface area contributed by atoms with Crippen molar-refractivity contribution < 1.29 is 14.3 Å². The normalized spacial score (nSPS) is 12.0. The molecule has 0 heterocycles. The van der Waals surface area contributed by atoms with Crippen LogP contribution in [-0.4, -0.2) is 18.5 Å². The molecule has 15 heavy (non-hydrogen) atoms. The lowest BCUT2D eigenvalue weighted by Gasteiger charge is -2.11. The summed E-state index contributed by atoms with van der Waals surface area (Å²) in [5.41, 5.74) is 5.32. The number of hydrogen-bond acceptors (Lipinski definition) is 3. The molecule has 2 N–H and O–H groups in total. The van der Waals surface area contributed by atoms with Gasteiger partial charge in [-0.3, -0.25) is 4.79 Å². The molecule has 0 saturated carbocycles. The van der Waals surface area contributed by atoms with Gasteiger partial charge >= 0.3 is 5.97 Å². The summed E-state index contributed by atoms with van der Waals surface area (Å²) in [6.07, 6.45) is 1.13. The zero-order valence-corrected chi connectivity index (χ0v) is 9.74. The largest absolute Gasteiger partial charge is 0.462 e. The van der Waals surface area contributed by atoms with Gasteiger partial charge in [0.25, 0.3) is 0 Å². The Kier molecular flexibility index (Phi) is 5.67. The van der Waals surface area contributed by atoms with Gasteiger partial charge in [0.2, 0.25) is 5.91 Å². The van der Waals surface area contributed by atoms with E-state index in [1.54, 1.807) is 0 Å². The zero-order chi connectivity index (χ0) is 12.0. The average Bonchev–Trinajstić information content (AvgIpc) is 2.09. The number of carbonyl (C=O) groups excluding carboxylic acids is 2. The third-order valence-electron chi connectivity index (χ3n) is 1.70. The summed E-state index contributed by atoms with van der Waals surface area (Å²) in [5, 5.41) is 0. The van der Waals surface area contributed by atoms with Crippen LogP contribution in [0.15, 0.2) is 11.6 Å². The molecule has 0 aliphatic rings. The van der Waals surface area contributed by atoms with Crippen LogP contribution in [0.5, 0.6) is 0 Å². The highest BCUT2D eigenvalue weighted by Crippen LogP contribution is 2.11. The molecule has 0 aromatic heterocycles. The number of rotatable bonds is 5. The summed E-state index contributed by atoms with van der Waals surface area (Å²) in [4.78, 5) is 22.2. The van der Waals surface area contributed by atoms with Gasteiger partial charge in [0, 0.05) is 11.6 Å². The summed E-state index contributed by atoms with van der Waals surface area (Å²) in [5.74, 6) is -0.884. The molecule has 0 aliphatic carbocycles. The number of nitrogens with two attached hydrogens (primary N) is 1. The average molecular weight is 213 g/mol. The maximum atomic E-state index is 11.5. The van der Waals surface area contributed by atoms with Crippen molar-refractivity contribution in [1.29, 1.82) is 0 Å². The first-order chi connectivity index (χ1) is 6.84. The Balaban J connectivity index is 4.51. The highest BCUT2D eigenvalue weighted by atomic mass is 16.5. The maximum Gasteiger partial charge on any atom is 0.334 e. The summed E-state index contributed by atoms with van der Waals surface area (Å²) < 4.78 is 5.01. The third-order valence-corrected chi connectivity index (χ3v) is 1.70. The number of carbonyl (C=O) groups is 2. The van der Waals surface area contributed by atoms with Crippen LogP contribution in [0.3, 0.4) is 0 Å². The molecular formula is C11H19NO3. The van der Waals surface area contributed by atoms with Gasteiger partial charge in [0.05, 0.1) is 6.61 Å². The smallest absolute Gasteiger partial charge is 0.334 e. The molecule has 0 aromatic carbocycles. The Bertz CT molecular complexity index is 267. The molecule has 4 nitrogen and oxygen atoms in total. The Hall–Kier alpha value is -1.32. The van der Waals surface area contributed by atoms with Gasteiger partial charge < -0.3 is 10.5 Å². The fourth-order valence-electron chi connectivity index (χ4n) is 0.940. The number of hydrogen-bond donors (Lipinski definition) is 1. The molecule has 0 atom stereocenters. The molecule has 0 fully saturated rings. The quantitative estimate of drug-likeness (QED) is 0.552. The van der Waals surface area contributed by atoms with Gasteiger partial charge in [-0.2, -0.15) is 0 Å². The standard InChI is InChI=1S/C11H19NO3/c1-7(2)6-15-11(14)9(8(3)4)5-10(12)13/h5,7-8H,6H2,1-4H3,(H2,12,13). The predicted octanol–water partition coefficient (Wildman–Crippen LogP) is 1.25. The van der Waals surface area contributed by atoms with Crippen molar-refractivity contribution in [3.63, 3.8) is 0 Å². The van der Waals surface area contributed by atoms with E-state index in [0.717, 1.165) is 6.08 Å². The molecule has 1 amide bonds. The Morgan fingerprint density at radius 2 is 1.80 bits per heavy atom. The minimum atomic E-state index is -0.625. The lowest BCUT2D eigenvalue weighted by Crippen LogP contribution is -2.18. The fourth-order valence-corrected chi connectivity index (χ4v) is 0.940. The van der Waals surface area contributed by atoms with E-state index in [2.05, 4.69) is 0 Å². The molecule has 0 bridgehead atoms. The van der Waals surface area contributed by atoms with E-state index >= 15 is 0 Å². The van der Waals surface area contributed by atoms with Gasteiger partial charge in [0.1, 0.15) is 0 Å². The molecule has 0 radical (unpaired) electrons. The first kappa shape index (κ1) is 13.7. The van der Waals surface area contributed by atoms with E-state index in [-0.39, 0.29) is 11.8 Å². The molecular weight excluding hydrogens is 194 g/mol. The summed E-state index contributed by atoms with van der Waals surface area (Å²) in [6, 6.07) is 0. The molecule has 0 unspecified atom stereocenters. The summed E-state index contributed by atoms with van der Waals surface area (Å²) >= 11 is 0. The van der Waals surface area contributed by atoms with E-state index in [4.69, 9.17) is 10.5 Å². The van der Waals surface area contributed by atoms with Crippen LogP contribution in [0.2, 0.25) is 0 Å². The topological polar surface area (TPSA) is 69.4 Å². The van der Waals surface area contributed by atoms with Gasteiger partial charge in [-0.1, -0.05) is 27.7 Å². The van der Waals surface area contributed by atoms with Crippen molar-refractivity contribution in [3.05, 3.63) is 11.6 Å². The first-order valence-corrected chi connectivity index (χ1v) is 5.02. The van der Waals surface area contributed by atoms with Crippen molar-refractivity contribution in [2.75, 3.05) is 6.61 Å². The van der Waals surface area contributed by atoms with E-state index in [1.165, 1.54) is 0 Å². The lowest BCUT2D eigenvalue weighted by atomic mass is 10.0. The molecule has 0 aliphatic heterocycles. The maximum absolute atomic E-state index is 11.5. The monoisotopic (exact) mass is 213 g/mol. The van der Waals surface area contributed by atoms with Gasteiger partial charge in [-0.05, 0) is 11.8 Å². The predicted molar refractivity (Wildman–Crippen MR) is 57.9 cm³/mol. The highest BCUT2D eigenvalue weighted by Gasteiger charge is 2.16.